The zero-order valence-corrected chi connectivity index (χ0v) is 12.0. The summed E-state index contributed by atoms with van der Waals surface area (Å²) >= 11 is 0. The van der Waals surface area contributed by atoms with Crippen LogP contribution in [0.4, 0.5) is 20.4 Å². The average molecular weight is 310 g/mol. The topological polar surface area (TPSA) is 55.7 Å². The van der Waals surface area contributed by atoms with Crippen molar-refractivity contribution in [3.05, 3.63) is 77.6 Å². The van der Waals surface area contributed by atoms with Crippen molar-refractivity contribution in [2.75, 3.05) is 4.90 Å². The van der Waals surface area contributed by atoms with Crippen LogP contribution < -0.4 is 4.90 Å². The Kier molecular flexibility index (Phi) is 4.02. The average Bonchev–Trinajstić information content (AvgIpc) is 3.10. The molecule has 0 aliphatic rings. The van der Waals surface area contributed by atoms with Crippen LogP contribution in [-0.4, -0.2) is 9.97 Å². The maximum Gasteiger partial charge on any atom is 0.207 e. The quantitative estimate of drug-likeness (QED) is 0.795. The molecule has 0 spiro atoms. The van der Waals surface area contributed by atoms with Crippen molar-refractivity contribution in [3.8, 4) is 6.07 Å². The highest BCUT2D eigenvalue weighted by atomic mass is 19.2. The predicted molar refractivity (Wildman–Crippen MR) is 81.9 cm³/mol. The van der Waals surface area contributed by atoms with Gasteiger partial charge in [0, 0.05) is 18.1 Å². The lowest BCUT2D eigenvalue weighted by Gasteiger charge is -2.22. The number of H-pyrrole nitrogens is 1. The molecule has 114 valence electrons. The van der Waals surface area contributed by atoms with Gasteiger partial charge in [-0.3, -0.25) is 0 Å². The molecule has 2 aromatic carbocycles. The largest absolute Gasteiger partial charge is 0.331 e. The maximum atomic E-state index is 13.4. The van der Waals surface area contributed by atoms with Gasteiger partial charge in [-0.15, -0.1) is 0 Å². The van der Waals surface area contributed by atoms with E-state index >= 15 is 0 Å². The van der Waals surface area contributed by atoms with E-state index < -0.39 is 11.6 Å². The molecule has 0 saturated carbocycles. The van der Waals surface area contributed by atoms with Crippen LogP contribution in [0.2, 0.25) is 0 Å². The van der Waals surface area contributed by atoms with Crippen LogP contribution in [0.3, 0.4) is 0 Å². The maximum absolute atomic E-state index is 13.4. The number of anilines is 2. The number of imidazole rings is 1. The van der Waals surface area contributed by atoms with Crippen LogP contribution in [0.25, 0.3) is 0 Å². The van der Waals surface area contributed by atoms with Crippen molar-refractivity contribution in [1.82, 2.24) is 9.97 Å². The number of hydrogen-bond acceptors (Lipinski definition) is 3. The number of hydrogen-bond donors (Lipinski definition) is 1. The minimum absolute atomic E-state index is 0.302. The van der Waals surface area contributed by atoms with Gasteiger partial charge in [0.05, 0.1) is 18.2 Å². The van der Waals surface area contributed by atoms with Crippen molar-refractivity contribution in [2.24, 2.45) is 0 Å². The zero-order valence-electron chi connectivity index (χ0n) is 12.0. The number of halogens is 2. The summed E-state index contributed by atoms with van der Waals surface area (Å²) in [6.07, 6.45) is 3.29. The smallest absolute Gasteiger partial charge is 0.207 e. The second kappa shape index (κ2) is 6.28. The molecule has 0 radical (unpaired) electrons. The molecule has 0 aliphatic carbocycles. The third-order valence-corrected chi connectivity index (χ3v) is 3.37. The fourth-order valence-electron chi connectivity index (χ4n) is 2.23. The molecular formula is C17H12F2N4. The molecule has 23 heavy (non-hydrogen) atoms. The van der Waals surface area contributed by atoms with Gasteiger partial charge in [0.2, 0.25) is 5.95 Å². The Balaban J connectivity index is 1.95. The molecule has 4 nitrogen and oxygen atoms in total. The van der Waals surface area contributed by atoms with E-state index in [4.69, 9.17) is 5.26 Å². The fourth-order valence-corrected chi connectivity index (χ4v) is 2.23. The number of aromatic amines is 1. The van der Waals surface area contributed by atoms with Gasteiger partial charge in [0.25, 0.3) is 0 Å². The standard InChI is InChI=1S/C17H12F2N4/c18-15-6-3-13(9-16(15)19)11-23(17-21-7-8-22-17)14-4-1-12(10-20)2-5-14/h1-9H,11H2,(H,21,22). The molecule has 0 saturated heterocycles. The van der Waals surface area contributed by atoms with Gasteiger partial charge in [0.1, 0.15) is 0 Å². The van der Waals surface area contributed by atoms with E-state index in [1.807, 2.05) is 4.90 Å². The number of nitrogens with one attached hydrogen (secondary N) is 1. The summed E-state index contributed by atoms with van der Waals surface area (Å²) in [6.45, 7) is 0.302. The Hall–Kier alpha value is -3.20. The van der Waals surface area contributed by atoms with Crippen LogP contribution in [0.15, 0.2) is 54.9 Å². The van der Waals surface area contributed by atoms with Crippen LogP contribution in [0, 0.1) is 23.0 Å². The van der Waals surface area contributed by atoms with Crippen molar-refractivity contribution in [1.29, 1.82) is 5.26 Å². The summed E-state index contributed by atoms with van der Waals surface area (Å²) < 4.78 is 26.5. The van der Waals surface area contributed by atoms with Gasteiger partial charge in [-0.1, -0.05) is 6.07 Å². The Morgan fingerprint density at radius 3 is 2.48 bits per heavy atom. The van der Waals surface area contributed by atoms with Gasteiger partial charge in [-0.2, -0.15) is 5.26 Å². The van der Waals surface area contributed by atoms with Gasteiger partial charge < -0.3 is 9.88 Å². The fraction of sp³-hybridized carbons (Fsp3) is 0.0588. The van der Waals surface area contributed by atoms with Crippen molar-refractivity contribution < 1.29 is 8.78 Å². The lowest BCUT2D eigenvalue weighted by molar-refractivity contribution is 0.507. The Morgan fingerprint density at radius 1 is 1.09 bits per heavy atom. The van der Waals surface area contributed by atoms with E-state index in [1.165, 1.54) is 6.07 Å². The summed E-state index contributed by atoms with van der Waals surface area (Å²) in [6, 6.07) is 12.8. The normalized spacial score (nSPS) is 10.3. The van der Waals surface area contributed by atoms with E-state index in [-0.39, 0.29) is 0 Å². The predicted octanol–water partition coefficient (Wildman–Crippen LogP) is 3.90. The number of nitrogens with zero attached hydrogens (tertiary/aromatic N) is 3. The molecule has 0 bridgehead atoms. The van der Waals surface area contributed by atoms with Gasteiger partial charge in [-0.25, -0.2) is 13.8 Å². The number of benzene rings is 2. The molecule has 6 heteroatoms. The molecule has 0 atom stereocenters. The summed E-state index contributed by atoms with van der Waals surface area (Å²) in [5.74, 6) is -1.20. The minimum Gasteiger partial charge on any atom is -0.331 e. The van der Waals surface area contributed by atoms with E-state index in [9.17, 15) is 8.78 Å². The SMILES string of the molecule is N#Cc1ccc(N(Cc2ccc(F)c(F)c2)c2ncc[nH]2)cc1. The second-order valence-corrected chi connectivity index (χ2v) is 4.91. The molecule has 0 aliphatic heterocycles. The Labute approximate surface area is 131 Å². The van der Waals surface area contributed by atoms with Gasteiger partial charge in [0.15, 0.2) is 11.6 Å². The van der Waals surface area contributed by atoms with E-state index in [1.54, 1.807) is 36.7 Å². The van der Waals surface area contributed by atoms with Crippen molar-refractivity contribution >= 4 is 11.6 Å². The van der Waals surface area contributed by atoms with Crippen molar-refractivity contribution in [2.45, 2.75) is 6.54 Å². The Morgan fingerprint density at radius 2 is 1.87 bits per heavy atom. The molecule has 3 aromatic rings. The zero-order chi connectivity index (χ0) is 16.2. The molecular weight excluding hydrogens is 298 g/mol. The Bertz CT molecular complexity index is 836. The lowest BCUT2D eigenvalue weighted by Crippen LogP contribution is -2.18. The summed E-state index contributed by atoms with van der Waals surface area (Å²) in [7, 11) is 0. The van der Waals surface area contributed by atoms with E-state index in [0.717, 1.165) is 17.8 Å². The first-order chi connectivity index (χ1) is 11.2. The summed E-state index contributed by atoms with van der Waals surface area (Å²) in [5.41, 5.74) is 1.93. The van der Waals surface area contributed by atoms with Crippen LogP contribution in [0.5, 0.6) is 0 Å². The first-order valence-corrected chi connectivity index (χ1v) is 6.88. The highest BCUT2D eigenvalue weighted by molar-refractivity contribution is 5.58. The minimum atomic E-state index is -0.887. The highest BCUT2D eigenvalue weighted by Gasteiger charge is 2.13. The monoisotopic (exact) mass is 310 g/mol. The third kappa shape index (κ3) is 3.19. The van der Waals surface area contributed by atoms with E-state index in [0.29, 0.717) is 23.6 Å². The molecule has 0 unspecified atom stereocenters. The molecule has 1 aromatic heterocycles. The molecule has 1 heterocycles. The molecule has 3 rings (SSSR count). The molecule has 1 N–H and O–H groups in total. The lowest BCUT2D eigenvalue weighted by atomic mass is 10.1. The van der Waals surface area contributed by atoms with Crippen LogP contribution >= 0.6 is 0 Å². The first kappa shape index (κ1) is 14.7. The van der Waals surface area contributed by atoms with Crippen molar-refractivity contribution in [3.63, 3.8) is 0 Å². The van der Waals surface area contributed by atoms with Crippen LogP contribution in [-0.2, 0) is 6.54 Å². The first-order valence-electron chi connectivity index (χ1n) is 6.88. The molecule has 0 fully saturated rings. The summed E-state index contributed by atoms with van der Waals surface area (Å²) in [4.78, 5) is 9.02. The second-order valence-electron chi connectivity index (χ2n) is 4.91. The third-order valence-electron chi connectivity index (χ3n) is 3.37. The van der Waals surface area contributed by atoms with E-state index in [2.05, 4.69) is 16.0 Å². The number of rotatable bonds is 4. The number of aromatic nitrogens is 2. The molecule has 0 amide bonds. The van der Waals surface area contributed by atoms with Gasteiger partial charge >= 0.3 is 0 Å². The van der Waals surface area contributed by atoms with Gasteiger partial charge in [-0.05, 0) is 42.0 Å². The number of nitriles is 1. The summed E-state index contributed by atoms with van der Waals surface area (Å²) in [5, 5.41) is 8.88. The highest BCUT2D eigenvalue weighted by Crippen LogP contribution is 2.25. The van der Waals surface area contributed by atoms with Crippen LogP contribution in [0.1, 0.15) is 11.1 Å².